The third kappa shape index (κ3) is 2.97. The summed E-state index contributed by atoms with van der Waals surface area (Å²) < 4.78 is 1.54. The molecule has 0 saturated heterocycles. The van der Waals surface area contributed by atoms with Gasteiger partial charge in [-0.15, -0.1) is 0 Å². The third-order valence-corrected chi connectivity index (χ3v) is 5.04. The van der Waals surface area contributed by atoms with E-state index in [4.69, 9.17) is 5.11 Å². The number of nitrogens with zero attached hydrogens (tertiary/aromatic N) is 2. The zero-order valence-corrected chi connectivity index (χ0v) is 14.4. The normalized spacial score (nSPS) is 11.4. The van der Waals surface area contributed by atoms with Crippen LogP contribution in [0.3, 0.4) is 0 Å². The van der Waals surface area contributed by atoms with Crippen molar-refractivity contribution in [1.82, 2.24) is 9.38 Å². The van der Waals surface area contributed by atoms with E-state index in [1.165, 1.54) is 10.6 Å². The molecule has 0 radical (unpaired) electrons. The number of aromatic nitrogens is 2. The van der Waals surface area contributed by atoms with Crippen LogP contribution in [0.1, 0.15) is 26.5 Å². The highest BCUT2D eigenvalue weighted by Crippen LogP contribution is 2.20. The Balaban J connectivity index is 2.11. The van der Waals surface area contributed by atoms with Crippen molar-refractivity contribution in [1.29, 1.82) is 0 Å². The smallest absolute Gasteiger partial charge is 0.347 e. The molecule has 0 saturated carbocycles. The first-order valence-corrected chi connectivity index (χ1v) is 8.27. The van der Waals surface area contributed by atoms with Gasteiger partial charge in [-0.25, -0.2) is 9.78 Å². The summed E-state index contributed by atoms with van der Waals surface area (Å²) in [5.74, 6) is -1.08. The van der Waals surface area contributed by atoms with E-state index in [1.807, 2.05) is 37.3 Å². The molecule has 0 unspecified atom stereocenters. The van der Waals surface area contributed by atoms with Gasteiger partial charge in [0.25, 0.3) is 5.56 Å². The molecule has 7 heteroatoms. The number of hydrogen-bond donors (Lipinski definition) is 1. The fraction of sp³-hybridized carbons (Fsp3) is 0.0625. The second kappa shape index (κ2) is 6.10. The molecule has 0 atom stereocenters. The van der Waals surface area contributed by atoms with Gasteiger partial charge in [-0.05, 0) is 40.1 Å². The Bertz CT molecular complexity index is 1000. The molecular weight excluding hydrogens is 380 g/mol. The Morgan fingerprint density at radius 2 is 2.09 bits per heavy atom. The first kappa shape index (κ1) is 15.6. The van der Waals surface area contributed by atoms with Gasteiger partial charge in [0.1, 0.15) is 9.35 Å². The van der Waals surface area contributed by atoms with Crippen LogP contribution in [0, 0.1) is 6.92 Å². The van der Waals surface area contributed by atoms with Gasteiger partial charge < -0.3 is 5.11 Å². The van der Waals surface area contributed by atoms with E-state index in [2.05, 4.69) is 20.9 Å². The number of hydrogen-bond acceptors (Lipinski definition) is 4. The molecule has 23 heavy (non-hydrogen) atoms. The maximum Gasteiger partial charge on any atom is 0.347 e. The highest BCUT2D eigenvalue weighted by Gasteiger charge is 2.14. The van der Waals surface area contributed by atoms with Crippen molar-refractivity contribution in [2.45, 2.75) is 6.92 Å². The van der Waals surface area contributed by atoms with Crippen molar-refractivity contribution < 1.29 is 9.90 Å². The molecule has 3 rings (SSSR count). The Morgan fingerprint density at radius 3 is 2.78 bits per heavy atom. The number of aryl methyl sites for hydroxylation is 1. The average Bonchev–Trinajstić information content (AvgIpc) is 2.95. The topological polar surface area (TPSA) is 71.7 Å². The lowest BCUT2D eigenvalue weighted by molar-refractivity contribution is 0.0702. The summed E-state index contributed by atoms with van der Waals surface area (Å²) in [6.45, 7) is 2.00. The number of fused-ring (bicyclic) bond motifs is 1. The maximum atomic E-state index is 12.3. The second-order valence-electron chi connectivity index (χ2n) is 4.86. The van der Waals surface area contributed by atoms with Gasteiger partial charge in [-0.2, -0.15) is 0 Å². The van der Waals surface area contributed by atoms with E-state index in [0.29, 0.717) is 15.1 Å². The molecular formula is C16H11BrN2O3S. The second-order valence-corrected chi connectivity index (χ2v) is 6.66. The van der Waals surface area contributed by atoms with Gasteiger partial charge in [0.05, 0.1) is 5.69 Å². The highest BCUT2D eigenvalue weighted by molar-refractivity contribution is 9.10. The number of carboxylic acid groups (broad SMARTS) is 1. The Hall–Kier alpha value is -2.25. The first-order chi connectivity index (χ1) is 11.0. The molecule has 0 bridgehead atoms. The highest BCUT2D eigenvalue weighted by atomic mass is 79.9. The largest absolute Gasteiger partial charge is 0.477 e. The fourth-order valence-electron chi connectivity index (χ4n) is 2.09. The number of carbonyl (C=O) groups is 1. The zero-order chi connectivity index (χ0) is 16.6. The lowest BCUT2D eigenvalue weighted by Crippen LogP contribution is -2.15. The molecule has 2 heterocycles. The van der Waals surface area contributed by atoms with Crippen LogP contribution in [0.2, 0.25) is 0 Å². The molecule has 116 valence electrons. The Labute approximate surface area is 143 Å². The molecule has 1 N–H and O–H groups in total. The third-order valence-electron chi connectivity index (χ3n) is 3.32. The Morgan fingerprint density at radius 1 is 1.35 bits per heavy atom. The van der Waals surface area contributed by atoms with Crippen molar-refractivity contribution in [3.05, 3.63) is 67.0 Å². The van der Waals surface area contributed by atoms with E-state index in [-0.39, 0.29) is 10.4 Å². The SMILES string of the molecule is Cc1ccccc1/C=C/c1nc2sc(C(=O)O)cn2c(=O)c1Br. The van der Waals surface area contributed by atoms with Crippen LogP contribution in [0.15, 0.2) is 39.7 Å². The summed E-state index contributed by atoms with van der Waals surface area (Å²) in [5.41, 5.74) is 2.28. The van der Waals surface area contributed by atoms with E-state index in [0.717, 1.165) is 22.5 Å². The minimum Gasteiger partial charge on any atom is -0.477 e. The summed E-state index contributed by atoms with van der Waals surface area (Å²) in [5, 5.41) is 9.04. The Kier molecular flexibility index (Phi) is 4.14. The molecule has 0 aliphatic rings. The number of halogens is 1. The number of carboxylic acids is 1. The molecule has 0 aliphatic heterocycles. The molecule has 1 aromatic carbocycles. The number of benzene rings is 1. The first-order valence-electron chi connectivity index (χ1n) is 6.66. The predicted molar refractivity (Wildman–Crippen MR) is 94.1 cm³/mol. The number of aromatic carboxylic acids is 1. The van der Waals surface area contributed by atoms with Crippen molar-refractivity contribution in [2.24, 2.45) is 0 Å². The molecule has 0 fully saturated rings. The van der Waals surface area contributed by atoms with Gasteiger partial charge in [0.2, 0.25) is 0 Å². The van der Waals surface area contributed by atoms with Crippen molar-refractivity contribution in [2.75, 3.05) is 0 Å². The van der Waals surface area contributed by atoms with Crippen LogP contribution in [0.4, 0.5) is 0 Å². The van der Waals surface area contributed by atoms with Gasteiger partial charge >= 0.3 is 5.97 Å². The van der Waals surface area contributed by atoms with Crippen LogP contribution in [0.5, 0.6) is 0 Å². The summed E-state index contributed by atoms with van der Waals surface area (Å²) >= 11 is 4.21. The molecule has 0 spiro atoms. The number of thiazole rings is 1. The van der Waals surface area contributed by atoms with Gasteiger partial charge in [-0.3, -0.25) is 9.20 Å². The predicted octanol–water partition coefficient (Wildman–Crippen LogP) is 3.70. The minimum atomic E-state index is -1.08. The lowest BCUT2D eigenvalue weighted by Gasteiger charge is -2.01. The summed E-state index contributed by atoms with van der Waals surface area (Å²) in [4.78, 5) is 28.1. The minimum absolute atomic E-state index is 0.0709. The molecule has 3 aromatic rings. The maximum absolute atomic E-state index is 12.3. The van der Waals surface area contributed by atoms with E-state index >= 15 is 0 Å². The summed E-state index contributed by atoms with van der Waals surface area (Å²) in [6, 6.07) is 7.86. The molecule has 5 nitrogen and oxygen atoms in total. The summed E-state index contributed by atoms with van der Waals surface area (Å²) in [7, 11) is 0. The molecule has 0 amide bonds. The van der Waals surface area contributed by atoms with Crippen LogP contribution in [-0.4, -0.2) is 20.5 Å². The van der Waals surface area contributed by atoms with Crippen LogP contribution < -0.4 is 5.56 Å². The van der Waals surface area contributed by atoms with Crippen molar-refractivity contribution in [3.63, 3.8) is 0 Å². The molecule has 2 aromatic heterocycles. The summed E-state index contributed by atoms with van der Waals surface area (Å²) in [6.07, 6.45) is 4.91. The molecule has 0 aliphatic carbocycles. The van der Waals surface area contributed by atoms with E-state index < -0.39 is 5.97 Å². The standard InChI is InChI=1S/C16H11BrN2O3S/c1-9-4-2-3-5-10(9)6-7-11-13(17)14(20)19-8-12(15(21)22)23-16(19)18-11/h2-8H,1H3,(H,21,22)/b7-6+. The van der Waals surface area contributed by atoms with Gasteiger partial charge in [0.15, 0.2) is 4.96 Å². The van der Waals surface area contributed by atoms with Crippen molar-refractivity contribution in [3.8, 4) is 0 Å². The van der Waals surface area contributed by atoms with Crippen LogP contribution >= 0.6 is 27.3 Å². The monoisotopic (exact) mass is 390 g/mol. The van der Waals surface area contributed by atoms with E-state index in [9.17, 15) is 9.59 Å². The van der Waals surface area contributed by atoms with Crippen LogP contribution in [-0.2, 0) is 0 Å². The lowest BCUT2D eigenvalue weighted by atomic mass is 10.1. The fourth-order valence-corrected chi connectivity index (χ4v) is 3.32. The van der Waals surface area contributed by atoms with Gasteiger partial charge in [0, 0.05) is 6.20 Å². The zero-order valence-electron chi connectivity index (χ0n) is 12.0. The van der Waals surface area contributed by atoms with Gasteiger partial charge in [-0.1, -0.05) is 41.7 Å². The number of rotatable bonds is 3. The average molecular weight is 391 g/mol. The van der Waals surface area contributed by atoms with Crippen molar-refractivity contribution >= 4 is 50.3 Å². The van der Waals surface area contributed by atoms with Crippen LogP contribution in [0.25, 0.3) is 17.1 Å². The quantitative estimate of drug-likeness (QED) is 0.739. The van der Waals surface area contributed by atoms with E-state index in [1.54, 1.807) is 6.08 Å².